The Kier molecular flexibility index (Phi) is 35.4. The third kappa shape index (κ3) is 24.4. The number of methoxy groups -OCH3 is 10. The summed E-state index contributed by atoms with van der Waals surface area (Å²) in [4.78, 5) is 69.8. The third-order valence-corrected chi connectivity index (χ3v) is 23.8. The lowest BCUT2D eigenvalue weighted by atomic mass is 10.0. The summed E-state index contributed by atoms with van der Waals surface area (Å²) in [5.74, 6) is -0.0401. The Morgan fingerprint density at radius 3 is 1.11 bits per heavy atom. The van der Waals surface area contributed by atoms with Gasteiger partial charge in [0.2, 0.25) is 0 Å². The molecule has 6 heterocycles. The van der Waals surface area contributed by atoms with Crippen molar-refractivity contribution >= 4 is 119 Å². The number of halogens is 7. The summed E-state index contributed by atoms with van der Waals surface area (Å²) in [6.07, 6.45) is 0.892. The Morgan fingerprint density at radius 1 is 0.394 bits per heavy atom. The molecule has 24 nitrogen and oxygen atoms in total. The number of hydrogen-bond donors (Lipinski definition) is 0. The van der Waals surface area contributed by atoms with Crippen LogP contribution in [0.4, 0.5) is 26.3 Å². The van der Waals surface area contributed by atoms with E-state index < -0.39 is 35.2 Å². The van der Waals surface area contributed by atoms with Crippen LogP contribution in [0.15, 0.2) is 156 Å². The molecule has 0 unspecified atom stereocenters. The number of hydrogen-bond acceptors (Lipinski definition) is 21. The van der Waals surface area contributed by atoms with Crippen LogP contribution in [0.2, 0.25) is 5.02 Å². The maximum Gasteiger partial charge on any atom is 0.420 e. The number of esters is 5. The molecule has 0 amide bonds. The van der Waals surface area contributed by atoms with Crippen molar-refractivity contribution < 1.29 is 102 Å². The number of carbonyl (C=O) groups is 5. The molecule has 0 saturated heterocycles. The van der Waals surface area contributed by atoms with E-state index in [1.54, 1.807) is 85.0 Å². The van der Waals surface area contributed by atoms with Gasteiger partial charge in [-0.05, 0) is 153 Å². The number of fused-ring (bicyclic) bond motifs is 5. The van der Waals surface area contributed by atoms with Gasteiger partial charge in [-0.2, -0.15) is 13.2 Å². The van der Waals surface area contributed by atoms with E-state index in [9.17, 15) is 50.3 Å². The lowest BCUT2D eigenvalue weighted by Gasteiger charge is -2.13. The molecule has 0 bridgehead atoms. The summed E-state index contributed by atoms with van der Waals surface area (Å²) in [7, 11) is 31.0. The van der Waals surface area contributed by atoms with Crippen LogP contribution in [-0.4, -0.2) is 180 Å². The first-order valence-corrected chi connectivity index (χ1v) is 42.1. The highest BCUT2D eigenvalue weighted by molar-refractivity contribution is 7.98. The maximum absolute atomic E-state index is 14.2. The van der Waals surface area contributed by atoms with Crippen molar-refractivity contribution in [2.24, 2.45) is 35.2 Å². The summed E-state index contributed by atoms with van der Waals surface area (Å²) in [6, 6.07) is 38.6. The smallest absolute Gasteiger partial charge is 0.420 e. The highest BCUT2D eigenvalue weighted by Crippen LogP contribution is 2.43. The summed E-state index contributed by atoms with van der Waals surface area (Å²) >= 11 is 9.19. The molecule has 13 rings (SSSR count). The van der Waals surface area contributed by atoms with Crippen LogP contribution >= 0.6 is 35.1 Å². The van der Waals surface area contributed by atoms with E-state index in [1.807, 2.05) is 152 Å². The molecule has 0 N–H and O–H groups in total. The van der Waals surface area contributed by atoms with E-state index >= 15 is 0 Å². The Bertz CT molecular complexity index is 5880. The number of carbonyl (C=O) groups excluding carboxylic acids is 5. The normalized spacial score (nSPS) is 11.2. The van der Waals surface area contributed by atoms with Gasteiger partial charge in [-0.1, -0.05) is 29.8 Å². The lowest BCUT2D eigenvalue weighted by molar-refractivity contribution is -0.140. The molecule has 0 fully saturated rings. The van der Waals surface area contributed by atoms with Crippen molar-refractivity contribution in [2.45, 2.75) is 79.0 Å². The molecule has 33 heteroatoms. The Morgan fingerprint density at radius 2 is 0.740 bits per heavy atom. The van der Waals surface area contributed by atoms with Gasteiger partial charge >= 0.3 is 36.0 Å². The zero-order chi connectivity index (χ0) is 92.8. The third-order valence-electron chi connectivity index (χ3n) is 21.5. The second kappa shape index (κ2) is 45.5. The number of aromatic nitrogens is 6. The number of thioether (sulfide) groups is 2. The molecule has 13 aromatic rings. The summed E-state index contributed by atoms with van der Waals surface area (Å²) in [5, 5.41) is 4.59. The second-order valence-electron chi connectivity index (χ2n) is 29.6. The molecule has 127 heavy (non-hydrogen) atoms. The fourth-order valence-electron chi connectivity index (χ4n) is 14.7. The predicted molar refractivity (Wildman–Crippen MR) is 481 cm³/mol. The molecular weight excluding hydrogens is 1710 g/mol. The van der Waals surface area contributed by atoms with Gasteiger partial charge in [0.05, 0.1) is 131 Å². The molecule has 0 aliphatic rings. The highest BCUT2D eigenvalue weighted by Gasteiger charge is 2.36. The summed E-state index contributed by atoms with van der Waals surface area (Å²) in [6.45, 7) is 1.85. The van der Waals surface area contributed by atoms with Crippen molar-refractivity contribution in [3.63, 3.8) is 0 Å². The Hall–Kier alpha value is -12.0. The quantitative estimate of drug-likeness (QED) is 0.0176. The second-order valence-corrected chi connectivity index (χ2v) is 32.1. The zero-order valence-electron chi connectivity index (χ0n) is 74.4. The van der Waals surface area contributed by atoms with Gasteiger partial charge in [0.25, 0.3) is 0 Å². The van der Waals surface area contributed by atoms with Gasteiger partial charge in [0, 0.05) is 179 Å². The van der Waals surface area contributed by atoms with E-state index in [-0.39, 0.29) is 79.0 Å². The van der Waals surface area contributed by atoms with Crippen molar-refractivity contribution in [2.75, 3.05) is 112 Å². The number of aryl methyl sites for hydroxylation is 5. The van der Waals surface area contributed by atoms with E-state index in [0.29, 0.717) is 63.8 Å². The van der Waals surface area contributed by atoms with Crippen LogP contribution in [0.3, 0.4) is 0 Å². The first-order valence-electron chi connectivity index (χ1n) is 39.7. The van der Waals surface area contributed by atoms with Crippen molar-refractivity contribution in [1.82, 2.24) is 37.6 Å². The van der Waals surface area contributed by atoms with Crippen molar-refractivity contribution in [1.29, 1.82) is 0 Å². The van der Waals surface area contributed by atoms with Gasteiger partial charge in [-0.3, -0.25) is 29.0 Å². The number of alkyl halides is 3. The summed E-state index contributed by atoms with van der Waals surface area (Å²) in [5.41, 5.74) is 11.5. The van der Waals surface area contributed by atoms with Gasteiger partial charge in [-0.25, -0.2) is 13.2 Å². The molecule has 678 valence electrons. The standard InChI is InChI=1S/C20H20ClNO4.C20H20FNO3S.C19H19FN2O3S.C18H23F3N2O3.C17H23FN2O3/c1-22-18-9-8-15(24-2)10-16(18)17(11-20(23)25-3)19(22)12-26-14-6-4-13(21)5-7-14;1-22-17-11-16(21)19(24-2)9-14(17)15(10-20(23)25-3)18(22)12-26-13-7-5-4-6-8-13;1-22-16-9-15(20)18(24-2)7-13(16)14(8-19(23)25-3)17(22)11-26-12-5-4-6-21-10-12;1-22(2)7-6-14-12(9-17(24)26-5)11-8-16(25-4)13(18(19,20)21)10-15(11)23(14)3;1-19(2)7-6-14-12(9-17(21)23-5)11-8-16(22-4)13(18)10-15(11)20(14)3/h4-10H,11-12H2,1-3H3;4-9,11H,10,12H2,1-3H3;4-7,9-10H,8,11H2,1-3H3;8,10H,6-7,9H2,1-5H3;8,10H,6-7,9H2,1-5H3. The Balaban J connectivity index is 0.000000180. The van der Waals surface area contributed by atoms with Crippen LogP contribution < -0.4 is 28.4 Å². The minimum atomic E-state index is -4.53. The molecule has 0 saturated carbocycles. The topological polar surface area (TPSA) is 231 Å². The van der Waals surface area contributed by atoms with E-state index in [1.165, 1.54) is 88.3 Å². The maximum atomic E-state index is 14.2. The fourth-order valence-corrected chi connectivity index (χ4v) is 16.8. The van der Waals surface area contributed by atoms with Gasteiger partial charge < -0.3 is 84.7 Å². The molecule has 0 aliphatic heterocycles. The number of likely N-dealkylation sites (N-methyl/N-ethyl adjacent to an activating group) is 2. The number of rotatable bonds is 30. The predicted octanol–water partition coefficient (Wildman–Crippen LogP) is 17.4. The molecule has 6 aromatic heterocycles. The van der Waals surface area contributed by atoms with Crippen LogP contribution in [0.5, 0.6) is 34.5 Å². The van der Waals surface area contributed by atoms with Gasteiger partial charge in [0.1, 0.15) is 23.9 Å². The molecule has 0 aliphatic carbocycles. The average molecular weight is 1820 g/mol. The van der Waals surface area contributed by atoms with E-state index in [0.717, 1.165) is 123 Å². The number of pyridine rings is 1. The van der Waals surface area contributed by atoms with Crippen LogP contribution in [0.25, 0.3) is 54.5 Å². The van der Waals surface area contributed by atoms with Crippen molar-refractivity contribution in [3.05, 3.63) is 230 Å². The highest BCUT2D eigenvalue weighted by atomic mass is 35.5. The molecule has 0 atom stereocenters. The largest absolute Gasteiger partial charge is 0.497 e. The molecular formula is C94H105ClF6N8O16S2. The number of nitrogens with zero attached hydrogens (tertiary/aromatic N) is 8. The first kappa shape index (κ1) is 98.8. The SMILES string of the molecule is COC(=O)Cc1c(CCN(C)C)n(C)c2cc(C(F)(F)F)c(OC)cc12.COC(=O)Cc1c(CCN(C)C)n(C)c2cc(F)c(OC)cc12.COC(=O)Cc1c(COc2ccc(Cl)cc2)n(C)c2ccc(OC)cc12.COC(=O)Cc1c(CSc2ccccc2)n(C)c2cc(F)c(OC)cc12.COC(=O)Cc1c(CSc2cccnc2)n(C)c2cc(F)c(OC)cc12. The van der Waals surface area contributed by atoms with Crippen LogP contribution in [0, 0.1) is 17.5 Å². The number of benzene rings is 7. The van der Waals surface area contributed by atoms with Gasteiger partial charge in [-0.15, -0.1) is 23.5 Å². The zero-order valence-corrected chi connectivity index (χ0v) is 76.8. The minimum absolute atomic E-state index is 0.00881. The fraction of sp³-hybridized carbons (Fsp3) is 0.340. The van der Waals surface area contributed by atoms with Crippen LogP contribution in [-0.2, 0) is 152 Å². The van der Waals surface area contributed by atoms with Crippen molar-refractivity contribution in [3.8, 4) is 34.5 Å². The monoisotopic (exact) mass is 1810 g/mol. The molecule has 0 spiro atoms. The first-order chi connectivity index (χ1) is 60.6. The molecule has 7 aromatic carbocycles. The summed E-state index contributed by atoms with van der Waals surface area (Å²) < 4.78 is 148. The average Bonchev–Trinajstić information content (AvgIpc) is 1.65. The molecule has 0 radical (unpaired) electrons. The van der Waals surface area contributed by atoms with Gasteiger partial charge in [0.15, 0.2) is 34.7 Å². The number of ether oxygens (including phenoxy) is 11. The minimum Gasteiger partial charge on any atom is -0.497 e. The van der Waals surface area contributed by atoms with E-state index in [2.05, 4.69) is 9.88 Å². The van der Waals surface area contributed by atoms with Crippen LogP contribution in [0.1, 0.15) is 61.9 Å². The Labute approximate surface area is 746 Å². The van der Waals surface area contributed by atoms with E-state index in [4.69, 9.17) is 63.7 Å². The lowest BCUT2D eigenvalue weighted by Crippen LogP contribution is -2.17.